The van der Waals surface area contributed by atoms with Crippen LogP contribution in [-0.2, 0) is 4.79 Å². The van der Waals surface area contributed by atoms with Crippen molar-refractivity contribution in [1.82, 2.24) is 10.2 Å². The van der Waals surface area contributed by atoms with E-state index in [4.69, 9.17) is 11.6 Å². The summed E-state index contributed by atoms with van der Waals surface area (Å²) in [6.45, 7) is 0.416. The third-order valence-corrected chi connectivity index (χ3v) is 4.53. The number of hydrogen-bond acceptors (Lipinski definition) is 4. The van der Waals surface area contributed by atoms with Crippen molar-refractivity contribution in [3.8, 4) is 0 Å². The van der Waals surface area contributed by atoms with Crippen LogP contribution >= 0.6 is 22.9 Å². The molecule has 0 radical (unpaired) electrons. The van der Waals surface area contributed by atoms with Crippen molar-refractivity contribution in [3.05, 3.63) is 51.2 Å². The number of thiophene rings is 1. The molecule has 0 aliphatic rings. The molecule has 0 saturated carbocycles. The Labute approximate surface area is 161 Å². The van der Waals surface area contributed by atoms with Crippen LogP contribution in [0.1, 0.15) is 33.6 Å². The van der Waals surface area contributed by atoms with Gasteiger partial charge in [-0.2, -0.15) is 11.3 Å². The number of hydrogen-bond donors (Lipinski definition) is 2. The lowest BCUT2D eigenvalue weighted by molar-refractivity contribution is -0.116. The number of benzene rings is 1. The Morgan fingerprint density at radius 2 is 1.96 bits per heavy atom. The monoisotopic (exact) mass is 393 g/mol. The van der Waals surface area contributed by atoms with Gasteiger partial charge in [-0.25, -0.2) is 0 Å². The minimum absolute atomic E-state index is 0.139. The molecule has 2 aromatic rings. The van der Waals surface area contributed by atoms with Crippen LogP contribution in [0.4, 0.5) is 5.69 Å². The molecular formula is C18H20ClN3O3S. The van der Waals surface area contributed by atoms with Gasteiger partial charge in [0.15, 0.2) is 0 Å². The molecular weight excluding hydrogens is 374 g/mol. The molecule has 0 aliphatic heterocycles. The number of carbonyl (C=O) groups excluding carboxylic acids is 3. The minimum Gasteiger partial charge on any atom is -0.352 e. The van der Waals surface area contributed by atoms with Crippen LogP contribution in [0.5, 0.6) is 0 Å². The van der Waals surface area contributed by atoms with Gasteiger partial charge in [0.1, 0.15) is 0 Å². The van der Waals surface area contributed by atoms with Gasteiger partial charge in [0.25, 0.3) is 11.8 Å². The van der Waals surface area contributed by atoms with Crippen molar-refractivity contribution >= 4 is 46.3 Å². The van der Waals surface area contributed by atoms with Gasteiger partial charge in [-0.3, -0.25) is 14.4 Å². The van der Waals surface area contributed by atoms with Gasteiger partial charge in [-0.1, -0.05) is 11.6 Å². The maximum Gasteiger partial charge on any atom is 0.254 e. The maximum atomic E-state index is 12.0. The Bertz CT molecular complexity index is 791. The zero-order valence-electron chi connectivity index (χ0n) is 14.5. The van der Waals surface area contributed by atoms with E-state index in [1.165, 1.54) is 16.2 Å². The first kappa shape index (κ1) is 19.9. The summed E-state index contributed by atoms with van der Waals surface area (Å²) in [5, 5.41) is 9.40. The van der Waals surface area contributed by atoms with Crippen LogP contribution < -0.4 is 10.6 Å². The quantitative estimate of drug-likeness (QED) is 0.709. The molecule has 0 fully saturated rings. The van der Waals surface area contributed by atoms with Crippen LogP contribution in [0.2, 0.25) is 5.02 Å². The van der Waals surface area contributed by atoms with Gasteiger partial charge in [-0.05, 0) is 36.1 Å². The van der Waals surface area contributed by atoms with E-state index in [1.54, 1.807) is 43.7 Å². The Morgan fingerprint density at radius 3 is 2.58 bits per heavy atom. The molecule has 6 nitrogen and oxygen atoms in total. The van der Waals surface area contributed by atoms with Gasteiger partial charge in [-0.15, -0.1) is 0 Å². The Kier molecular flexibility index (Phi) is 7.17. The number of carbonyl (C=O) groups is 3. The van der Waals surface area contributed by atoms with Crippen LogP contribution in [-0.4, -0.2) is 43.3 Å². The Balaban J connectivity index is 1.78. The van der Waals surface area contributed by atoms with Crippen LogP contribution in [0.15, 0.2) is 35.0 Å². The number of nitrogens with one attached hydrogen (secondary N) is 2. The molecule has 26 heavy (non-hydrogen) atoms. The third kappa shape index (κ3) is 5.57. The molecule has 8 heteroatoms. The third-order valence-electron chi connectivity index (χ3n) is 3.54. The minimum atomic E-state index is -0.200. The fourth-order valence-corrected chi connectivity index (χ4v) is 3.07. The average Bonchev–Trinajstić information content (AvgIpc) is 3.12. The van der Waals surface area contributed by atoms with Crippen molar-refractivity contribution < 1.29 is 14.4 Å². The normalized spacial score (nSPS) is 10.3. The van der Waals surface area contributed by atoms with E-state index >= 15 is 0 Å². The summed E-state index contributed by atoms with van der Waals surface area (Å²) in [6, 6.07) is 6.52. The molecule has 0 spiro atoms. The number of halogens is 1. The SMILES string of the molecule is CN(C)C(=O)c1ccc(NC(=O)CCCNC(=O)c2ccsc2)cc1Cl. The summed E-state index contributed by atoms with van der Waals surface area (Å²) in [5.41, 5.74) is 1.53. The lowest BCUT2D eigenvalue weighted by atomic mass is 10.1. The van der Waals surface area contributed by atoms with Gasteiger partial charge >= 0.3 is 0 Å². The van der Waals surface area contributed by atoms with Gasteiger partial charge < -0.3 is 15.5 Å². The highest BCUT2D eigenvalue weighted by atomic mass is 35.5. The molecule has 0 bridgehead atoms. The largest absolute Gasteiger partial charge is 0.352 e. The summed E-state index contributed by atoms with van der Waals surface area (Å²) in [4.78, 5) is 37.1. The second-order valence-corrected chi connectivity index (χ2v) is 7.00. The molecule has 2 rings (SSSR count). The highest BCUT2D eigenvalue weighted by Gasteiger charge is 2.13. The van der Waals surface area contributed by atoms with Gasteiger partial charge in [0.05, 0.1) is 10.6 Å². The number of nitrogens with zero attached hydrogens (tertiary/aromatic N) is 1. The molecule has 138 valence electrons. The first-order valence-corrected chi connectivity index (χ1v) is 9.32. The molecule has 1 aromatic heterocycles. The fraction of sp³-hybridized carbons (Fsp3) is 0.278. The van der Waals surface area contributed by atoms with Crippen LogP contribution in [0.25, 0.3) is 0 Å². The first-order valence-electron chi connectivity index (χ1n) is 8.00. The van der Waals surface area contributed by atoms with E-state index in [1.807, 2.05) is 5.38 Å². The van der Waals surface area contributed by atoms with Crippen molar-refractivity contribution in [2.75, 3.05) is 26.0 Å². The van der Waals surface area contributed by atoms with E-state index < -0.39 is 0 Å². The lowest BCUT2D eigenvalue weighted by Gasteiger charge is -2.13. The predicted octanol–water partition coefficient (Wildman–Crippen LogP) is 3.25. The summed E-state index contributed by atoms with van der Waals surface area (Å²) in [5.74, 6) is -0.522. The van der Waals surface area contributed by atoms with Gasteiger partial charge in [0, 0.05) is 43.7 Å². The Hall–Kier alpha value is -2.38. The van der Waals surface area contributed by atoms with Crippen molar-refractivity contribution in [2.45, 2.75) is 12.8 Å². The van der Waals surface area contributed by atoms with E-state index in [9.17, 15) is 14.4 Å². The zero-order valence-corrected chi connectivity index (χ0v) is 16.1. The van der Waals surface area contributed by atoms with Crippen LogP contribution in [0, 0.1) is 0 Å². The highest BCUT2D eigenvalue weighted by molar-refractivity contribution is 7.08. The molecule has 3 amide bonds. The smallest absolute Gasteiger partial charge is 0.254 e. The van der Waals surface area contributed by atoms with E-state index in [0.29, 0.717) is 29.8 Å². The van der Waals surface area contributed by atoms with Gasteiger partial charge in [0.2, 0.25) is 5.91 Å². The first-order chi connectivity index (χ1) is 12.4. The second kappa shape index (κ2) is 9.35. The van der Waals surface area contributed by atoms with Crippen molar-refractivity contribution in [1.29, 1.82) is 0 Å². The number of rotatable bonds is 7. The zero-order chi connectivity index (χ0) is 19.1. The summed E-state index contributed by atoms with van der Waals surface area (Å²) < 4.78 is 0. The molecule has 0 saturated heterocycles. The summed E-state index contributed by atoms with van der Waals surface area (Å²) >= 11 is 7.58. The second-order valence-electron chi connectivity index (χ2n) is 5.81. The molecule has 0 unspecified atom stereocenters. The molecule has 1 aromatic carbocycles. The van der Waals surface area contributed by atoms with E-state index in [2.05, 4.69) is 10.6 Å². The molecule has 1 heterocycles. The lowest BCUT2D eigenvalue weighted by Crippen LogP contribution is -2.25. The van der Waals surface area contributed by atoms with E-state index in [0.717, 1.165) is 0 Å². The molecule has 2 N–H and O–H groups in total. The molecule has 0 aliphatic carbocycles. The number of amides is 3. The Morgan fingerprint density at radius 1 is 1.19 bits per heavy atom. The van der Waals surface area contributed by atoms with E-state index in [-0.39, 0.29) is 29.2 Å². The maximum absolute atomic E-state index is 12.0. The highest BCUT2D eigenvalue weighted by Crippen LogP contribution is 2.22. The molecule has 0 atom stereocenters. The van der Waals surface area contributed by atoms with Crippen molar-refractivity contribution in [3.63, 3.8) is 0 Å². The summed E-state index contributed by atoms with van der Waals surface area (Å²) in [6.07, 6.45) is 0.784. The predicted molar refractivity (Wildman–Crippen MR) is 104 cm³/mol. The standard InChI is InChI=1S/C18H20ClN3O3S/c1-22(2)18(25)14-6-5-13(10-15(14)19)21-16(23)4-3-8-20-17(24)12-7-9-26-11-12/h5-7,9-11H,3-4,8H2,1-2H3,(H,20,24)(H,21,23). The summed E-state index contributed by atoms with van der Waals surface area (Å²) in [7, 11) is 3.29. The number of anilines is 1. The van der Waals surface area contributed by atoms with Crippen LogP contribution in [0.3, 0.4) is 0 Å². The fourth-order valence-electron chi connectivity index (χ4n) is 2.18. The van der Waals surface area contributed by atoms with Crippen molar-refractivity contribution in [2.24, 2.45) is 0 Å². The average molecular weight is 394 g/mol. The topological polar surface area (TPSA) is 78.5 Å².